The maximum Gasteiger partial charge on any atom is 0.242 e. The Morgan fingerprint density at radius 1 is 1.41 bits per heavy atom. The molecule has 1 aromatic rings. The van der Waals surface area contributed by atoms with Gasteiger partial charge >= 0.3 is 0 Å². The standard InChI is InChI=1S/C11H12N2O2S2/c12-7-9-3-1-2-4-11(9)17(14,15)13-10-5-6-16-8-10/h1-4,10,13H,5-6,8H2. The smallest absolute Gasteiger partial charge is 0.207 e. The molecule has 17 heavy (non-hydrogen) atoms. The summed E-state index contributed by atoms with van der Waals surface area (Å²) in [6.45, 7) is 0. The van der Waals surface area contributed by atoms with Crippen LogP contribution in [0.3, 0.4) is 0 Å². The van der Waals surface area contributed by atoms with Gasteiger partial charge in [0.2, 0.25) is 10.0 Å². The summed E-state index contributed by atoms with van der Waals surface area (Å²) >= 11 is 1.74. The minimum Gasteiger partial charge on any atom is -0.207 e. The lowest BCUT2D eigenvalue weighted by Crippen LogP contribution is -2.34. The molecule has 1 heterocycles. The first kappa shape index (κ1) is 12.4. The Morgan fingerprint density at radius 2 is 2.18 bits per heavy atom. The van der Waals surface area contributed by atoms with E-state index in [0.717, 1.165) is 17.9 Å². The van der Waals surface area contributed by atoms with E-state index < -0.39 is 10.0 Å². The summed E-state index contributed by atoms with van der Waals surface area (Å²) in [5.74, 6) is 1.78. The molecule has 90 valence electrons. The fourth-order valence-corrected chi connectivity index (χ4v) is 4.39. The van der Waals surface area contributed by atoms with Crippen LogP contribution in [0.15, 0.2) is 29.2 Å². The maximum absolute atomic E-state index is 12.1. The van der Waals surface area contributed by atoms with Crippen molar-refractivity contribution in [3.63, 3.8) is 0 Å². The van der Waals surface area contributed by atoms with Gasteiger partial charge in [-0.25, -0.2) is 13.1 Å². The van der Waals surface area contributed by atoms with Crippen molar-refractivity contribution in [1.82, 2.24) is 4.72 Å². The predicted molar refractivity (Wildman–Crippen MR) is 67.2 cm³/mol. The normalized spacial score (nSPS) is 20.1. The number of hydrogen-bond donors (Lipinski definition) is 1. The molecule has 6 heteroatoms. The van der Waals surface area contributed by atoms with Crippen LogP contribution in [0.25, 0.3) is 0 Å². The van der Waals surface area contributed by atoms with Gasteiger partial charge in [0.1, 0.15) is 6.07 Å². The lowest BCUT2D eigenvalue weighted by Gasteiger charge is -2.12. The van der Waals surface area contributed by atoms with Crippen LogP contribution in [0.1, 0.15) is 12.0 Å². The zero-order chi connectivity index (χ0) is 12.3. The minimum atomic E-state index is -3.57. The molecule has 0 radical (unpaired) electrons. The molecule has 1 unspecified atom stereocenters. The molecule has 1 atom stereocenters. The van der Waals surface area contributed by atoms with Crippen LogP contribution in [-0.2, 0) is 10.0 Å². The summed E-state index contributed by atoms with van der Waals surface area (Å²) in [5, 5.41) is 8.90. The van der Waals surface area contributed by atoms with Gasteiger partial charge in [-0.05, 0) is 24.3 Å². The Bertz CT molecular complexity index is 543. The Kier molecular flexibility index (Phi) is 3.72. The summed E-state index contributed by atoms with van der Waals surface area (Å²) in [6, 6.07) is 8.14. The molecule has 0 aromatic heterocycles. The third-order valence-electron chi connectivity index (χ3n) is 2.55. The largest absolute Gasteiger partial charge is 0.242 e. The van der Waals surface area contributed by atoms with Crippen LogP contribution >= 0.6 is 11.8 Å². The summed E-state index contributed by atoms with van der Waals surface area (Å²) in [6.07, 6.45) is 0.846. The lowest BCUT2D eigenvalue weighted by molar-refractivity contribution is 0.563. The minimum absolute atomic E-state index is 0.0169. The van der Waals surface area contributed by atoms with Crippen LogP contribution in [0.2, 0.25) is 0 Å². The van der Waals surface area contributed by atoms with Crippen molar-refractivity contribution >= 4 is 21.8 Å². The van der Waals surface area contributed by atoms with Crippen molar-refractivity contribution in [2.24, 2.45) is 0 Å². The molecule has 2 rings (SSSR count). The molecule has 1 aromatic carbocycles. The molecule has 0 spiro atoms. The van der Waals surface area contributed by atoms with Crippen molar-refractivity contribution in [1.29, 1.82) is 5.26 Å². The number of thioether (sulfide) groups is 1. The summed E-state index contributed by atoms with van der Waals surface area (Å²) in [5.41, 5.74) is 0.186. The van der Waals surface area contributed by atoms with Crippen molar-refractivity contribution in [3.05, 3.63) is 29.8 Å². The van der Waals surface area contributed by atoms with E-state index in [1.165, 1.54) is 12.1 Å². The molecule has 0 saturated carbocycles. The van der Waals surface area contributed by atoms with Gasteiger partial charge in [-0.15, -0.1) is 0 Å². The molecule has 1 aliphatic heterocycles. The van der Waals surface area contributed by atoms with Gasteiger partial charge in [-0.3, -0.25) is 0 Å². The number of hydrogen-bond acceptors (Lipinski definition) is 4. The Hall–Kier alpha value is -1.03. The second-order valence-corrected chi connectivity index (χ2v) is 6.62. The topological polar surface area (TPSA) is 70.0 Å². The van der Waals surface area contributed by atoms with Gasteiger partial charge < -0.3 is 0 Å². The highest BCUT2D eigenvalue weighted by molar-refractivity contribution is 7.99. The van der Waals surface area contributed by atoms with E-state index in [2.05, 4.69) is 4.72 Å². The van der Waals surface area contributed by atoms with Crippen LogP contribution in [0.5, 0.6) is 0 Å². The first-order chi connectivity index (χ1) is 8.13. The summed E-state index contributed by atoms with van der Waals surface area (Å²) < 4.78 is 26.8. The fraction of sp³-hybridized carbons (Fsp3) is 0.364. The molecular formula is C11H12N2O2S2. The van der Waals surface area contributed by atoms with E-state index in [4.69, 9.17) is 5.26 Å². The maximum atomic E-state index is 12.1. The monoisotopic (exact) mass is 268 g/mol. The summed E-state index contributed by atoms with van der Waals surface area (Å²) in [7, 11) is -3.57. The Labute approximate surface area is 105 Å². The second-order valence-electron chi connectivity index (χ2n) is 3.79. The third-order valence-corrected chi connectivity index (χ3v) is 5.29. The Morgan fingerprint density at radius 3 is 2.82 bits per heavy atom. The molecule has 1 saturated heterocycles. The molecule has 0 aliphatic carbocycles. The highest BCUT2D eigenvalue weighted by Crippen LogP contribution is 2.20. The van der Waals surface area contributed by atoms with Gasteiger partial charge in [0.05, 0.1) is 10.5 Å². The highest BCUT2D eigenvalue weighted by Gasteiger charge is 2.24. The van der Waals surface area contributed by atoms with E-state index >= 15 is 0 Å². The van der Waals surface area contributed by atoms with E-state index in [9.17, 15) is 8.42 Å². The zero-order valence-corrected chi connectivity index (χ0v) is 10.7. The van der Waals surface area contributed by atoms with Crippen molar-refractivity contribution < 1.29 is 8.42 Å². The average Bonchev–Trinajstić information content (AvgIpc) is 2.81. The molecule has 1 aliphatic rings. The number of benzene rings is 1. The second kappa shape index (κ2) is 5.08. The van der Waals surface area contributed by atoms with Gasteiger partial charge in [0.15, 0.2) is 0 Å². The molecule has 0 amide bonds. The predicted octanol–water partition coefficient (Wildman–Crippen LogP) is 1.34. The van der Waals surface area contributed by atoms with E-state index in [1.54, 1.807) is 23.9 Å². The first-order valence-corrected chi connectivity index (χ1v) is 7.86. The molecule has 0 bridgehead atoms. The third kappa shape index (κ3) is 2.80. The quantitative estimate of drug-likeness (QED) is 0.898. The van der Waals surface area contributed by atoms with Gasteiger partial charge in [0, 0.05) is 11.8 Å². The zero-order valence-electron chi connectivity index (χ0n) is 9.09. The lowest BCUT2D eigenvalue weighted by atomic mass is 10.2. The van der Waals surface area contributed by atoms with Gasteiger partial charge in [-0.2, -0.15) is 17.0 Å². The highest BCUT2D eigenvalue weighted by atomic mass is 32.2. The van der Waals surface area contributed by atoms with Crippen LogP contribution < -0.4 is 4.72 Å². The fourth-order valence-electron chi connectivity index (χ4n) is 1.70. The van der Waals surface area contributed by atoms with E-state index in [0.29, 0.717) is 0 Å². The first-order valence-electron chi connectivity index (χ1n) is 5.23. The van der Waals surface area contributed by atoms with Crippen molar-refractivity contribution in [3.8, 4) is 6.07 Å². The number of nitrogens with one attached hydrogen (secondary N) is 1. The van der Waals surface area contributed by atoms with Crippen LogP contribution in [-0.4, -0.2) is 26.0 Å². The molecule has 1 fully saturated rings. The molecule has 1 N–H and O–H groups in total. The van der Waals surface area contributed by atoms with Crippen LogP contribution in [0, 0.1) is 11.3 Å². The van der Waals surface area contributed by atoms with Gasteiger partial charge in [0.25, 0.3) is 0 Å². The SMILES string of the molecule is N#Cc1ccccc1S(=O)(=O)NC1CCSC1. The van der Waals surface area contributed by atoms with Gasteiger partial charge in [-0.1, -0.05) is 12.1 Å². The summed E-state index contributed by atoms with van der Waals surface area (Å²) in [4.78, 5) is 0.0689. The van der Waals surface area contributed by atoms with Crippen molar-refractivity contribution in [2.75, 3.05) is 11.5 Å². The van der Waals surface area contributed by atoms with Crippen LogP contribution in [0.4, 0.5) is 0 Å². The van der Waals surface area contributed by atoms with E-state index in [-0.39, 0.29) is 16.5 Å². The number of nitriles is 1. The van der Waals surface area contributed by atoms with Crippen molar-refractivity contribution in [2.45, 2.75) is 17.4 Å². The average molecular weight is 268 g/mol. The number of sulfonamides is 1. The molecule has 4 nitrogen and oxygen atoms in total. The number of rotatable bonds is 3. The molecular weight excluding hydrogens is 256 g/mol. The number of nitrogens with zero attached hydrogens (tertiary/aromatic N) is 1. The Balaban J connectivity index is 2.28. The van der Waals surface area contributed by atoms with E-state index in [1.807, 2.05) is 6.07 Å².